The van der Waals surface area contributed by atoms with Crippen LogP contribution in [0.4, 0.5) is 14.9 Å². The number of hydrogen-bond donors (Lipinski definition) is 1. The van der Waals surface area contributed by atoms with E-state index in [-0.39, 0.29) is 11.3 Å². The average molecular weight is 540 g/mol. The van der Waals surface area contributed by atoms with Gasteiger partial charge in [0.2, 0.25) is 0 Å². The number of nitrogens with one attached hydrogen (secondary N) is 1. The lowest BCUT2D eigenvalue weighted by Gasteiger charge is -2.26. The van der Waals surface area contributed by atoms with Crippen molar-refractivity contribution in [3.8, 4) is 5.75 Å². The van der Waals surface area contributed by atoms with Gasteiger partial charge in [-0.25, -0.2) is 14.1 Å². The van der Waals surface area contributed by atoms with Crippen LogP contribution in [0.25, 0.3) is 17.0 Å². The molecule has 7 nitrogen and oxygen atoms in total. The summed E-state index contributed by atoms with van der Waals surface area (Å²) < 4.78 is 21.4. The van der Waals surface area contributed by atoms with E-state index in [0.29, 0.717) is 24.6 Å². The van der Waals surface area contributed by atoms with Crippen molar-refractivity contribution in [1.29, 1.82) is 0 Å². The molecule has 1 aromatic heterocycles. The molecule has 1 saturated heterocycles. The van der Waals surface area contributed by atoms with E-state index in [1.54, 1.807) is 0 Å². The number of ether oxygens (including phenoxy) is 1. The largest absolute Gasteiger partial charge is 0.494 e. The molecule has 2 heterocycles. The first kappa shape index (κ1) is 26.9. The van der Waals surface area contributed by atoms with Crippen LogP contribution in [-0.2, 0) is 16.1 Å². The highest BCUT2D eigenvalue weighted by atomic mass is 19.1. The number of imide groups is 2. The third-order valence-electron chi connectivity index (χ3n) is 7.18. The van der Waals surface area contributed by atoms with E-state index in [0.717, 1.165) is 46.5 Å². The molecule has 4 amide bonds. The fourth-order valence-corrected chi connectivity index (χ4v) is 4.77. The van der Waals surface area contributed by atoms with Gasteiger partial charge in [0.05, 0.1) is 12.3 Å². The van der Waals surface area contributed by atoms with Gasteiger partial charge in [-0.3, -0.25) is 14.9 Å². The Labute approximate surface area is 231 Å². The van der Waals surface area contributed by atoms with Gasteiger partial charge in [0, 0.05) is 29.2 Å². The maximum atomic E-state index is 13.4. The van der Waals surface area contributed by atoms with Gasteiger partial charge in [-0.1, -0.05) is 44.2 Å². The zero-order valence-electron chi connectivity index (χ0n) is 22.4. The van der Waals surface area contributed by atoms with Crippen molar-refractivity contribution < 1.29 is 23.5 Å². The number of aryl methyl sites for hydroxylation is 1. The van der Waals surface area contributed by atoms with Crippen molar-refractivity contribution in [3.05, 3.63) is 102 Å². The van der Waals surface area contributed by atoms with Gasteiger partial charge in [-0.05, 0) is 72.9 Å². The van der Waals surface area contributed by atoms with E-state index in [9.17, 15) is 18.8 Å². The molecule has 4 aromatic rings. The summed E-state index contributed by atoms with van der Waals surface area (Å²) in [5.41, 5.74) is 2.90. The minimum absolute atomic E-state index is 0.166. The highest BCUT2D eigenvalue weighted by Crippen LogP contribution is 2.27. The Kier molecular flexibility index (Phi) is 7.77. The predicted molar refractivity (Wildman–Crippen MR) is 153 cm³/mol. The average Bonchev–Trinajstić information content (AvgIpc) is 3.31. The zero-order chi connectivity index (χ0) is 28.2. The number of amides is 4. The van der Waals surface area contributed by atoms with Gasteiger partial charge in [-0.15, -0.1) is 0 Å². The molecular weight excluding hydrogens is 509 g/mol. The Bertz CT molecular complexity index is 1590. The third-order valence-corrected chi connectivity index (χ3v) is 7.18. The maximum absolute atomic E-state index is 13.4. The summed E-state index contributed by atoms with van der Waals surface area (Å²) in [4.78, 5) is 39.2. The van der Waals surface area contributed by atoms with Gasteiger partial charge in [0.1, 0.15) is 17.1 Å². The summed E-state index contributed by atoms with van der Waals surface area (Å²) >= 11 is 0. The lowest BCUT2D eigenvalue weighted by Crippen LogP contribution is -2.54. The summed E-state index contributed by atoms with van der Waals surface area (Å²) in [6.07, 6.45) is 5.22. The molecule has 1 aliphatic rings. The SMILES string of the molecule is CCC(C)c1ccc(OCCCn2cc(C=C3C(=O)NC(=O)N(c4ccc(F)cc4)C3=O)c3ccccc32)cc1. The van der Waals surface area contributed by atoms with E-state index >= 15 is 0 Å². The van der Waals surface area contributed by atoms with E-state index < -0.39 is 23.7 Å². The molecule has 0 bridgehead atoms. The minimum Gasteiger partial charge on any atom is -0.494 e. The summed E-state index contributed by atoms with van der Waals surface area (Å²) in [6.45, 7) is 5.57. The number of carbonyl (C=O) groups excluding carboxylic acids is 3. The predicted octanol–water partition coefficient (Wildman–Crippen LogP) is 6.43. The van der Waals surface area contributed by atoms with Crippen LogP contribution in [0, 0.1) is 5.82 Å². The number of hydrogen-bond acceptors (Lipinski definition) is 4. The van der Waals surface area contributed by atoms with Crippen molar-refractivity contribution >= 4 is 40.5 Å². The van der Waals surface area contributed by atoms with Crippen LogP contribution in [0.15, 0.2) is 84.6 Å². The molecule has 3 aromatic carbocycles. The standard InChI is InChI=1S/C32H30FN3O4/c1-3-21(2)22-9-15-26(16-10-22)40-18-6-17-35-20-23(27-7-4-5-8-29(27)35)19-28-30(37)34-32(39)36(31(28)38)25-13-11-24(33)12-14-25/h4-5,7-16,19-21H,3,6,17-18H2,1-2H3,(H,34,37,39). The van der Waals surface area contributed by atoms with Crippen LogP contribution in [0.2, 0.25) is 0 Å². The molecule has 5 rings (SSSR count). The molecule has 0 aliphatic carbocycles. The van der Waals surface area contributed by atoms with Crippen LogP contribution in [0.1, 0.15) is 43.7 Å². The normalized spacial score (nSPS) is 15.5. The van der Waals surface area contributed by atoms with Gasteiger partial charge >= 0.3 is 6.03 Å². The van der Waals surface area contributed by atoms with Gasteiger partial charge in [0.15, 0.2) is 0 Å². The summed E-state index contributed by atoms with van der Waals surface area (Å²) in [6, 6.07) is 20.0. The molecule has 1 aliphatic heterocycles. The maximum Gasteiger partial charge on any atom is 0.335 e. The van der Waals surface area contributed by atoms with Crippen molar-refractivity contribution in [2.45, 2.75) is 39.2 Å². The Balaban J connectivity index is 1.33. The molecule has 204 valence electrons. The smallest absolute Gasteiger partial charge is 0.335 e. The molecular formula is C32H30FN3O4. The number of barbiturate groups is 1. The number of urea groups is 1. The van der Waals surface area contributed by atoms with Crippen molar-refractivity contribution in [3.63, 3.8) is 0 Å². The van der Waals surface area contributed by atoms with Crippen LogP contribution < -0.4 is 15.0 Å². The first-order chi connectivity index (χ1) is 19.4. The molecule has 40 heavy (non-hydrogen) atoms. The summed E-state index contributed by atoms with van der Waals surface area (Å²) in [7, 11) is 0. The lowest BCUT2D eigenvalue weighted by molar-refractivity contribution is -0.122. The van der Waals surface area contributed by atoms with Crippen LogP contribution >= 0.6 is 0 Å². The van der Waals surface area contributed by atoms with Gasteiger partial charge in [-0.2, -0.15) is 0 Å². The summed E-state index contributed by atoms with van der Waals surface area (Å²) in [5.74, 6) is -0.709. The summed E-state index contributed by atoms with van der Waals surface area (Å²) in [5, 5.41) is 3.07. The topological polar surface area (TPSA) is 80.6 Å². The molecule has 1 fully saturated rings. The van der Waals surface area contributed by atoms with E-state index in [4.69, 9.17) is 4.74 Å². The molecule has 0 saturated carbocycles. The van der Waals surface area contributed by atoms with Crippen molar-refractivity contribution in [2.24, 2.45) is 0 Å². The van der Waals surface area contributed by atoms with E-state index in [1.807, 2.05) is 42.6 Å². The molecule has 0 radical (unpaired) electrons. The van der Waals surface area contributed by atoms with Crippen LogP contribution in [0.5, 0.6) is 5.75 Å². The Morgan fingerprint density at radius 1 is 0.975 bits per heavy atom. The molecule has 1 N–H and O–H groups in total. The molecule has 1 atom stereocenters. The second-order valence-electron chi connectivity index (χ2n) is 9.81. The second-order valence-corrected chi connectivity index (χ2v) is 9.81. The number of fused-ring (bicyclic) bond motifs is 1. The molecule has 1 unspecified atom stereocenters. The van der Waals surface area contributed by atoms with E-state index in [1.165, 1.54) is 23.8 Å². The number of aromatic nitrogens is 1. The second kappa shape index (κ2) is 11.6. The number of benzene rings is 3. The van der Waals surface area contributed by atoms with Crippen molar-refractivity contribution in [1.82, 2.24) is 9.88 Å². The highest BCUT2D eigenvalue weighted by molar-refractivity contribution is 6.39. The van der Waals surface area contributed by atoms with Crippen molar-refractivity contribution in [2.75, 3.05) is 11.5 Å². The monoisotopic (exact) mass is 539 g/mol. The number of para-hydroxylation sites is 1. The number of rotatable bonds is 9. The quantitative estimate of drug-likeness (QED) is 0.151. The molecule has 0 spiro atoms. The zero-order valence-corrected chi connectivity index (χ0v) is 22.4. The first-order valence-corrected chi connectivity index (χ1v) is 13.3. The molecule has 8 heteroatoms. The Hall–Kier alpha value is -4.72. The Morgan fingerprint density at radius 3 is 2.42 bits per heavy atom. The number of carbonyl (C=O) groups is 3. The Morgan fingerprint density at radius 2 is 1.70 bits per heavy atom. The fraction of sp³-hybridized carbons (Fsp3) is 0.219. The number of halogens is 1. The van der Waals surface area contributed by atoms with Crippen LogP contribution in [-0.4, -0.2) is 29.0 Å². The number of nitrogens with zero attached hydrogens (tertiary/aromatic N) is 2. The van der Waals surface area contributed by atoms with Gasteiger partial charge < -0.3 is 9.30 Å². The third kappa shape index (κ3) is 5.52. The minimum atomic E-state index is -0.879. The number of anilines is 1. The van der Waals surface area contributed by atoms with E-state index in [2.05, 4.69) is 35.9 Å². The highest BCUT2D eigenvalue weighted by Gasteiger charge is 2.37. The lowest BCUT2D eigenvalue weighted by atomic mass is 9.99. The van der Waals surface area contributed by atoms with Gasteiger partial charge in [0.25, 0.3) is 11.8 Å². The first-order valence-electron chi connectivity index (χ1n) is 13.3. The fourth-order valence-electron chi connectivity index (χ4n) is 4.77. The van der Waals surface area contributed by atoms with Crippen LogP contribution in [0.3, 0.4) is 0 Å².